The molecule has 0 fully saturated rings. The van der Waals surface area contributed by atoms with E-state index in [9.17, 15) is 14.4 Å². The zero-order valence-electron chi connectivity index (χ0n) is 37.0. The van der Waals surface area contributed by atoms with Crippen LogP contribution in [0.4, 0.5) is 0 Å². The largest absolute Gasteiger partial charge is 0.462 e. The van der Waals surface area contributed by atoms with Gasteiger partial charge in [-0.2, -0.15) is 0 Å². The summed E-state index contributed by atoms with van der Waals surface area (Å²) < 4.78 is 16.6. The van der Waals surface area contributed by atoms with Crippen LogP contribution in [0.1, 0.15) is 181 Å². The summed E-state index contributed by atoms with van der Waals surface area (Å²) >= 11 is 0. The molecule has 6 nitrogen and oxygen atoms in total. The minimum absolute atomic E-state index is 0.124. The molecule has 0 aromatic rings. The maximum absolute atomic E-state index is 12.7. The second-order valence-corrected chi connectivity index (χ2v) is 14.7. The van der Waals surface area contributed by atoms with E-state index in [1.807, 2.05) is 54.7 Å². The fourth-order valence-electron chi connectivity index (χ4n) is 5.71. The number of rotatable bonds is 39. The third-order valence-electron chi connectivity index (χ3n) is 9.12. The summed E-state index contributed by atoms with van der Waals surface area (Å²) in [5.41, 5.74) is 0. The van der Waals surface area contributed by atoms with Crippen LogP contribution in [0.15, 0.2) is 109 Å². The van der Waals surface area contributed by atoms with E-state index in [0.29, 0.717) is 19.3 Å². The van der Waals surface area contributed by atoms with Gasteiger partial charge in [0.15, 0.2) is 6.10 Å². The maximum Gasteiger partial charge on any atom is 0.306 e. The van der Waals surface area contributed by atoms with Crippen molar-refractivity contribution in [1.29, 1.82) is 0 Å². The highest BCUT2D eigenvalue weighted by molar-refractivity contribution is 5.71. The molecule has 0 aliphatic carbocycles. The van der Waals surface area contributed by atoms with Gasteiger partial charge in [-0.25, -0.2) is 0 Å². The maximum atomic E-state index is 12.7. The Balaban J connectivity index is 4.58. The number of carbonyl (C=O) groups excluding carboxylic acids is 3. The summed E-state index contributed by atoms with van der Waals surface area (Å²) in [7, 11) is 0. The quantitative estimate of drug-likeness (QED) is 0.0202. The minimum Gasteiger partial charge on any atom is -0.462 e. The predicted octanol–water partition coefficient (Wildman–Crippen LogP) is 14.8. The third-order valence-corrected chi connectivity index (χ3v) is 9.12. The van der Waals surface area contributed by atoms with Crippen molar-refractivity contribution in [1.82, 2.24) is 0 Å². The Kier molecular flexibility index (Phi) is 42.7. The molecule has 0 bridgehead atoms. The molecule has 0 heterocycles. The second kappa shape index (κ2) is 45.8. The van der Waals surface area contributed by atoms with Crippen LogP contribution < -0.4 is 0 Å². The molecule has 0 spiro atoms. The summed E-state index contributed by atoms with van der Waals surface area (Å²) in [5, 5.41) is 0. The molecule has 0 rings (SSSR count). The van der Waals surface area contributed by atoms with E-state index in [-0.39, 0.29) is 31.6 Å². The van der Waals surface area contributed by atoms with Gasteiger partial charge in [0.2, 0.25) is 0 Å². The molecule has 0 N–H and O–H groups in total. The SMILES string of the molecule is CC\C=C/C=C\C=C/C=C\C=C/CCCC(=O)OC(COC(=O)CCCCC/C=C\CCCCCCCC)COC(=O)CCCCCC/C=C\C/C=C\C/C=C\CC. The molecule has 326 valence electrons. The van der Waals surface area contributed by atoms with Crippen LogP contribution in [0.3, 0.4) is 0 Å². The number of ether oxygens (including phenoxy) is 3. The van der Waals surface area contributed by atoms with Gasteiger partial charge in [-0.1, -0.05) is 182 Å². The molecule has 1 unspecified atom stereocenters. The Morgan fingerprint density at radius 2 is 0.776 bits per heavy atom. The highest BCUT2D eigenvalue weighted by Gasteiger charge is 2.19. The van der Waals surface area contributed by atoms with Crippen LogP contribution >= 0.6 is 0 Å². The van der Waals surface area contributed by atoms with Gasteiger partial charge >= 0.3 is 17.9 Å². The van der Waals surface area contributed by atoms with Gasteiger partial charge in [0.25, 0.3) is 0 Å². The third kappa shape index (κ3) is 43.2. The first-order valence-electron chi connectivity index (χ1n) is 23.0. The van der Waals surface area contributed by atoms with Gasteiger partial charge in [-0.05, 0) is 89.9 Å². The van der Waals surface area contributed by atoms with Crippen LogP contribution in [-0.2, 0) is 28.6 Å². The van der Waals surface area contributed by atoms with Crippen molar-refractivity contribution < 1.29 is 28.6 Å². The minimum atomic E-state index is -0.830. The van der Waals surface area contributed by atoms with Gasteiger partial charge in [0.1, 0.15) is 13.2 Å². The Hall–Kier alpha value is -3.93. The van der Waals surface area contributed by atoms with Crippen LogP contribution in [0.25, 0.3) is 0 Å². The lowest BCUT2D eigenvalue weighted by Crippen LogP contribution is -2.30. The molecule has 0 radical (unpaired) electrons. The first kappa shape index (κ1) is 54.1. The molecule has 0 aliphatic rings. The Morgan fingerprint density at radius 3 is 1.33 bits per heavy atom. The molecule has 1 atom stereocenters. The fourth-order valence-corrected chi connectivity index (χ4v) is 5.71. The van der Waals surface area contributed by atoms with Gasteiger partial charge < -0.3 is 14.2 Å². The van der Waals surface area contributed by atoms with Crippen molar-refractivity contribution in [3.05, 3.63) is 109 Å². The first-order valence-corrected chi connectivity index (χ1v) is 23.0. The number of hydrogen-bond acceptors (Lipinski definition) is 6. The lowest BCUT2D eigenvalue weighted by molar-refractivity contribution is -0.167. The normalized spacial score (nSPS) is 13.1. The van der Waals surface area contributed by atoms with Crippen molar-refractivity contribution in [2.75, 3.05) is 13.2 Å². The average molecular weight is 803 g/mol. The second-order valence-electron chi connectivity index (χ2n) is 14.7. The fraction of sp³-hybridized carbons (Fsp3) is 0.596. The molecular weight excluding hydrogens is 721 g/mol. The molecule has 0 saturated heterocycles. The monoisotopic (exact) mass is 803 g/mol. The Morgan fingerprint density at radius 1 is 0.379 bits per heavy atom. The topological polar surface area (TPSA) is 78.9 Å². The van der Waals surface area contributed by atoms with E-state index in [0.717, 1.165) is 96.3 Å². The van der Waals surface area contributed by atoms with Crippen LogP contribution in [0.5, 0.6) is 0 Å². The van der Waals surface area contributed by atoms with Crippen molar-refractivity contribution in [2.45, 2.75) is 187 Å². The number of carbonyl (C=O) groups is 3. The van der Waals surface area contributed by atoms with E-state index in [2.05, 4.69) is 75.5 Å². The summed E-state index contributed by atoms with van der Waals surface area (Å²) in [4.78, 5) is 37.7. The highest BCUT2D eigenvalue weighted by atomic mass is 16.6. The van der Waals surface area contributed by atoms with E-state index in [1.54, 1.807) is 0 Å². The molecule has 6 heteroatoms. The Bertz CT molecular complexity index is 1240. The number of hydrogen-bond donors (Lipinski definition) is 0. The smallest absolute Gasteiger partial charge is 0.306 e. The van der Waals surface area contributed by atoms with Crippen molar-refractivity contribution in [3.63, 3.8) is 0 Å². The van der Waals surface area contributed by atoms with Crippen molar-refractivity contribution >= 4 is 17.9 Å². The first-order chi connectivity index (χ1) is 28.5. The molecule has 0 aromatic carbocycles. The highest BCUT2D eigenvalue weighted by Crippen LogP contribution is 2.11. The molecule has 0 amide bonds. The number of allylic oxidation sites excluding steroid dienone is 18. The van der Waals surface area contributed by atoms with Crippen molar-refractivity contribution in [3.8, 4) is 0 Å². The molecule has 0 saturated carbocycles. The van der Waals surface area contributed by atoms with E-state index in [1.165, 1.54) is 38.5 Å². The van der Waals surface area contributed by atoms with Gasteiger partial charge in [0.05, 0.1) is 0 Å². The van der Waals surface area contributed by atoms with Crippen LogP contribution in [0, 0.1) is 0 Å². The van der Waals surface area contributed by atoms with Gasteiger partial charge in [-0.3, -0.25) is 14.4 Å². The van der Waals surface area contributed by atoms with Crippen molar-refractivity contribution in [2.24, 2.45) is 0 Å². The average Bonchev–Trinajstić information content (AvgIpc) is 3.22. The van der Waals surface area contributed by atoms with Gasteiger partial charge in [0, 0.05) is 19.3 Å². The lowest BCUT2D eigenvalue weighted by Gasteiger charge is -2.18. The zero-order valence-corrected chi connectivity index (χ0v) is 37.0. The predicted molar refractivity (Wildman–Crippen MR) is 247 cm³/mol. The van der Waals surface area contributed by atoms with Crippen LogP contribution in [-0.4, -0.2) is 37.2 Å². The molecule has 0 aliphatic heterocycles. The lowest BCUT2D eigenvalue weighted by atomic mass is 10.1. The van der Waals surface area contributed by atoms with Gasteiger partial charge in [-0.15, -0.1) is 0 Å². The summed E-state index contributed by atoms with van der Waals surface area (Å²) in [6, 6.07) is 0. The Labute approximate surface area is 355 Å². The summed E-state index contributed by atoms with van der Waals surface area (Å²) in [6.07, 6.45) is 60.8. The van der Waals surface area contributed by atoms with E-state index in [4.69, 9.17) is 14.2 Å². The number of unbranched alkanes of at least 4 members (excludes halogenated alkanes) is 14. The zero-order chi connectivity index (χ0) is 42.3. The standard InChI is InChI=1S/C52H82O6/c1-4-7-10-13-16-19-22-25-28-30-33-36-39-42-45-51(54)57-48-49(58-52(55)46-43-40-37-34-31-27-24-21-18-15-12-9-6-3)47-56-50(53)44-41-38-35-32-29-26-23-20-17-14-11-8-5-2/h7,9-10,12,15-16,18-19,21,24-29,31,34,37,49H,4-6,8,11,13-14,17,20,22-23,30,32-33,35-36,38-48H2,1-3H3/b10-7-,12-9-,18-15-,19-16-,24-21-,28-25-,29-26-,31-27-,37-34-. The molecule has 58 heavy (non-hydrogen) atoms. The van der Waals surface area contributed by atoms with E-state index < -0.39 is 12.1 Å². The van der Waals surface area contributed by atoms with E-state index >= 15 is 0 Å². The molecular formula is C52H82O6. The molecule has 0 aromatic heterocycles. The summed E-state index contributed by atoms with van der Waals surface area (Å²) in [6.45, 7) is 6.24. The number of esters is 3. The summed E-state index contributed by atoms with van der Waals surface area (Å²) in [5.74, 6) is -1.05. The van der Waals surface area contributed by atoms with Crippen LogP contribution in [0.2, 0.25) is 0 Å².